The van der Waals surface area contributed by atoms with Gasteiger partial charge in [-0.2, -0.15) is 0 Å². The van der Waals surface area contributed by atoms with Gasteiger partial charge in [0.1, 0.15) is 0 Å². The van der Waals surface area contributed by atoms with Gasteiger partial charge in [0.05, 0.1) is 6.61 Å². The van der Waals surface area contributed by atoms with Gasteiger partial charge in [-0.3, -0.25) is 4.99 Å². The second-order valence-electron chi connectivity index (χ2n) is 7.50. The second-order valence-corrected chi connectivity index (χ2v) is 7.50. The molecule has 3 aliphatic rings. The zero-order valence-corrected chi connectivity index (χ0v) is 18.7. The lowest BCUT2D eigenvalue weighted by molar-refractivity contribution is 0.0513. The van der Waals surface area contributed by atoms with E-state index in [0.29, 0.717) is 12.7 Å². The predicted octanol–water partition coefficient (Wildman–Crippen LogP) is 2.28. The molecule has 1 aromatic rings. The van der Waals surface area contributed by atoms with Crippen molar-refractivity contribution in [3.63, 3.8) is 0 Å². The Kier molecular flexibility index (Phi) is 7.64. The number of benzene rings is 1. The standard InChI is InChI=1S/C20H29N3O4.HI/c1-21-19(22-11-15-4-7-25-12-15)23-13-20(5-8-24-9-6-20)16-2-3-17-18(10-16)27-14-26-17;/h2-3,10,15H,4-9,11-14H2,1H3,(H2,21,22,23);1H. The fourth-order valence-electron chi connectivity index (χ4n) is 4.01. The molecule has 8 heteroatoms. The van der Waals surface area contributed by atoms with Crippen LogP contribution in [0.2, 0.25) is 0 Å². The number of hydrogen-bond donors (Lipinski definition) is 2. The van der Waals surface area contributed by atoms with Crippen LogP contribution in [0.5, 0.6) is 11.5 Å². The van der Waals surface area contributed by atoms with Gasteiger partial charge in [-0.15, -0.1) is 24.0 Å². The molecule has 0 amide bonds. The van der Waals surface area contributed by atoms with Gasteiger partial charge in [-0.25, -0.2) is 0 Å². The molecular weight excluding hydrogens is 473 g/mol. The summed E-state index contributed by atoms with van der Waals surface area (Å²) >= 11 is 0. The largest absolute Gasteiger partial charge is 0.454 e. The number of nitrogens with one attached hydrogen (secondary N) is 2. The molecule has 0 bridgehead atoms. The van der Waals surface area contributed by atoms with Crippen LogP contribution in [0.25, 0.3) is 0 Å². The Morgan fingerprint density at radius 1 is 1.11 bits per heavy atom. The Hall–Kier alpha value is -1.26. The topological polar surface area (TPSA) is 73.3 Å². The second kappa shape index (κ2) is 9.98. The monoisotopic (exact) mass is 503 g/mol. The first kappa shape index (κ1) is 21.4. The summed E-state index contributed by atoms with van der Waals surface area (Å²) in [4.78, 5) is 4.39. The van der Waals surface area contributed by atoms with Crippen molar-refractivity contribution < 1.29 is 18.9 Å². The number of hydrogen-bond acceptors (Lipinski definition) is 5. The van der Waals surface area contributed by atoms with Gasteiger partial charge in [-0.1, -0.05) is 6.07 Å². The van der Waals surface area contributed by atoms with E-state index in [9.17, 15) is 0 Å². The highest BCUT2D eigenvalue weighted by Gasteiger charge is 2.36. The summed E-state index contributed by atoms with van der Waals surface area (Å²) in [6.07, 6.45) is 3.04. The molecule has 0 radical (unpaired) electrons. The molecule has 3 aliphatic heterocycles. The van der Waals surface area contributed by atoms with E-state index in [1.165, 1.54) is 5.56 Å². The lowest BCUT2D eigenvalue weighted by atomic mass is 9.74. The van der Waals surface area contributed by atoms with Gasteiger partial charge in [0, 0.05) is 51.3 Å². The number of ether oxygens (including phenoxy) is 4. The van der Waals surface area contributed by atoms with Crippen molar-refractivity contribution in [2.24, 2.45) is 10.9 Å². The number of nitrogens with zero attached hydrogens (tertiary/aromatic N) is 1. The van der Waals surface area contributed by atoms with Gasteiger partial charge in [0.15, 0.2) is 17.5 Å². The minimum atomic E-state index is -0.00663. The lowest BCUT2D eigenvalue weighted by Crippen LogP contribution is -2.48. The van der Waals surface area contributed by atoms with Crippen LogP contribution in [0.15, 0.2) is 23.2 Å². The van der Waals surface area contributed by atoms with E-state index in [2.05, 4.69) is 27.8 Å². The fraction of sp³-hybridized carbons (Fsp3) is 0.650. The highest BCUT2D eigenvalue weighted by Crippen LogP contribution is 2.40. The van der Waals surface area contributed by atoms with E-state index >= 15 is 0 Å². The Bertz CT molecular complexity index is 673. The number of rotatable bonds is 5. The Morgan fingerprint density at radius 2 is 1.93 bits per heavy atom. The van der Waals surface area contributed by atoms with E-state index in [1.807, 2.05) is 13.1 Å². The fourth-order valence-corrected chi connectivity index (χ4v) is 4.01. The van der Waals surface area contributed by atoms with Crippen LogP contribution in [0.3, 0.4) is 0 Å². The molecule has 1 atom stereocenters. The average Bonchev–Trinajstić information content (AvgIpc) is 3.40. The first-order valence-corrected chi connectivity index (χ1v) is 9.79. The van der Waals surface area contributed by atoms with Crippen molar-refractivity contribution in [3.05, 3.63) is 23.8 Å². The first-order valence-electron chi connectivity index (χ1n) is 9.79. The van der Waals surface area contributed by atoms with Crippen molar-refractivity contribution in [2.45, 2.75) is 24.7 Å². The SMILES string of the molecule is CN=C(NCC1CCOC1)NCC1(c2ccc3c(c2)OCO3)CCOCC1.I. The molecule has 1 unspecified atom stereocenters. The minimum absolute atomic E-state index is 0. The molecule has 2 fully saturated rings. The van der Waals surface area contributed by atoms with Gasteiger partial charge in [0.2, 0.25) is 6.79 Å². The average molecular weight is 503 g/mol. The Balaban J connectivity index is 0.00000225. The van der Waals surface area contributed by atoms with E-state index in [1.54, 1.807) is 0 Å². The van der Waals surface area contributed by atoms with Crippen molar-refractivity contribution in [1.82, 2.24) is 10.6 Å². The molecule has 0 spiro atoms. The summed E-state index contributed by atoms with van der Waals surface area (Å²) in [5, 5.41) is 6.98. The number of guanidine groups is 1. The molecule has 4 rings (SSSR count). The molecule has 7 nitrogen and oxygen atoms in total. The smallest absolute Gasteiger partial charge is 0.231 e. The van der Waals surface area contributed by atoms with Crippen LogP contribution in [-0.2, 0) is 14.9 Å². The summed E-state index contributed by atoms with van der Waals surface area (Å²) in [6.45, 7) is 5.22. The minimum Gasteiger partial charge on any atom is -0.454 e. The first-order chi connectivity index (χ1) is 13.3. The lowest BCUT2D eigenvalue weighted by Gasteiger charge is -2.38. The maximum atomic E-state index is 5.64. The molecule has 156 valence electrons. The predicted molar refractivity (Wildman–Crippen MR) is 118 cm³/mol. The van der Waals surface area contributed by atoms with Crippen molar-refractivity contribution in [2.75, 3.05) is 53.4 Å². The third-order valence-electron chi connectivity index (χ3n) is 5.83. The van der Waals surface area contributed by atoms with Crippen molar-refractivity contribution in [3.8, 4) is 11.5 Å². The quantitative estimate of drug-likeness (QED) is 0.365. The zero-order chi connectivity index (χ0) is 18.5. The third-order valence-corrected chi connectivity index (χ3v) is 5.83. The molecular formula is C20H30IN3O4. The number of aliphatic imine (C=N–C) groups is 1. The van der Waals surface area contributed by atoms with Crippen molar-refractivity contribution in [1.29, 1.82) is 0 Å². The molecule has 2 N–H and O–H groups in total. The van der Waals surface area contributed by atoms with E-state index in [-0.39, 0.29) is 29.4 Å². The molecule has 0 aromatic heterocycles. The van der Waals surface area contributed by atoms with Crippen LogP contribution < -0.4 is 20.1 Å². The molecule has 1 aromatic carbocycles. The van der Waals surface area contributed by atoms with Crippen LogP contribution in [0, 0.1) is 5.92 Å². The van der Waals surface area contributed by atoms with Crippen LogP contribution in [-0.4, -0.2) is 59.3 Å². The molecule has 2 saturated heterocycles. The van der Waals surface area contributed by atoms with E-state index < -0.39 is 0 Å². The highest BCUT2D eigenvalue weighted by atomic mass is 127. The Morgan fingerprint density at radius 3 is 2.68 bits per heavy atom. The highest BCUT2D eigenvalue weighted by molar-refractivity contribution is 14.0. The molecule has 3 heterocycles. The molecule has 0 aliphatic carbocycles. The summed E-state index contributed by atoms with van der Waals surface area (Å²) in [6, 6.07) is 6.30. The summed E-state index contributed by atoms with van der Waals surface area (Å²) in [7, 11) is 1.82. The third kappa shape index (κ3) is 4.83. The molecule has 0 saturated carbocycles. The normalized spacial score (nSPS) is 23.2. The van der Waals surface area contributed by atoms with Gasteiger partial charge >= 0.3 is 0 Å². The maximum absolute atomic E-state index is 5.64. The number of fused-ring (bicyclic) bond motifs is 1. The summed E-state index contributed by atoms with van der Waals surface area (Å²) < 4.78 is 22.2. The van der Waals surface area contributed by atoms with E-state index in [0.717, 1.165) is 76.2 Å². The maximum Gasteiger partial charge on any atom is 0.231 e. The number of halogens is 1. The Labute approximate surface area is 183 Å². The van der Waals surface area contributed by atoms with Crippen LogP contribution >= 0.6 is 24.0 Å². The van der Waals surface area contributed by atoms with E-state index in [4.69, 9.17) is 18.9 Å². The van der Waals surface area contributed by atoms with Crippen molar-refractivity contribution >= 4 is 29.9 Å². The zero-order valence-electron chi connectivity index (χ0n) is 16.4. The summed E-state index contributed by atoms with van der Waals surface area (Å²) in [5.74, 6) is 3.07. The van der Waals surface area contributed by atoms with Gasteiger partial charge in [0.25, 0.3) is 0 Å². The van der Waals surface area contributed by atoms with Crippen LogP contribution in [0.1, 0.15) is 24.8 Å². The van der Waals surface area contributed by atoms with Gasteiger partial charge < -0.3 is 29.6 Å². The van der Waals surface area contributed by atoms with Gasteiger partial charge in [-0.05, 0) is 37.0 Å². The summed E-state index contributed by atoms with van der Waals surface area (Å²) in [5.41, 5.74) is 1.26. The molecule has 28 heavy (non-hydrogen) atoms. The van der Waals surface area contributed by atoms with Crippen LogP contribution in [0.4, 0.5) is 0 Å².